The van der Waals surface area contributed by atoms with Crippen molar-refractivity contribution in [2.75, 3.05) is 12.3 Å². The van der Waals surface area contributed by atoms with Gasteiger partial charge in [-0.05, 0) is 11.6 Å². The monoisotopic (exact) mass is 629 g/mol. The first-order chi connectivity index (χ1) is 14.6. The van der Waals surface area contributed by atoms with E-state index < -0.39 is 54.6 Å². The molecule has 180 valence electrons. The second-order valence-corrected chi connectivity index (χ2v) is 10.6. The quantitative estimate of drug-likeness (QED) is 0.139. The molecule has 0 saturated carbocycles. The van der Waals surface area contributed by atoms with Crippen LogP contribution in [0.4, 0.5) is 5.82 Å². The van der Waals surface area contributed by atoms with Crippen molar-refractivity contribution in [1.82, 2.24) is 19.5 Å². The molecule has 26 heteroatoms. The van der Waals surface area contributed by atoms with Gasteiger partial charge in [-0.25, -0.2) is 9.29 Å². The summed E-state index contributed by atoms with van der Waals surface area (Å²) in [6.45, 7) is -1.10. The van der Waals surface area contributed by atoms with Gasteiger partial charge in [0.15, 0.2) is 17.7 Å². The third kappa shape index (κ3) is 11.0. The predicted molar refractivity (Wildman–Crippen MR) is 91.6 cm³/mol. The van der Waals surface area contributed by atoms with Gasteiger partial charge in [-0.15, -0.1) is 0 Å². The Morgan fingerprint density at radius 2 is 1.61 bits per heavy atom. The van der Waals surface area contributed by atoms with Crippen molar-refractivity contribution < 1.29 is 180 Å². The Morgan fingerprint density at radius 1 is 1.03 bits per heavy atom. The maximum Gasteiger partial charge on any atom is 1.00 e. The van der Waals surface area contributed by atoms with E-state index >= 15 is 0 Å². The fourth-order valence-electron chi connectivity index (χ4n) is 2.64. The van der Waals surface area contributed by atoms with E-state index in [2.05, 4.69) is 28.1 Å². The SMILES string of the molecule is Nc1nc(Cl)nc2c1ncn2[C@@H]1O[C@H](COP(=O)([O-])OP(=O)([O-])OP(=O)([O-])[O-])[C@H](O)C1O.[Na+].[Na+].[Na+].[Na+]. The van der Waals surface area contributed by atoms with Crippen molar-refractivity contribution >= 4 is 52.1 Å². The second-order valence-electron chi connectivity index (χ2n) is 6.05. The van der Waals surface area contributed by atoms with Crippen molar-refractivity contribution in [1.29, 1.82) is 0 Å². The summed E-state index contributed by atoms with van der Waals surface area (Å²) < 4.78 is 50.2. The topological polar surface area (TPSA) is 290 Å². The molecule has 0 radical (unpaired) electrons. The van der Waals surface area contributed by atoms with Crippen LogP contribution in [-0.4, -0.2) is 54.7 Å². The Kier molecular flexibility index (Phi) is 18.2. The van der Waals surface area contributed by atoms with E-state index in [1.807, 2.05) is 0 Å². The molecule has 1 saturated heterocycles. The first-order valence-electron chi connectivity index (χ1n) is 7.97. The number of hydrogen-bond acceptors (Lipinski definition) is 17. The van der Waals surface area contributed by atoms with Crippen LogP contribution in [0.25, 0.3) is 11.2 Å². The minimum absolute atomic E-state index is 0. The summed E-state index contributed by atoms with van der Waals surface area (Å²) in [6.07, 6.45) is -5.33. The van der Waals surface area contributed by atoms with Crippen molar-refractivity contribution in [3.8, 4) is 0 Å². The number of nitrogens with two attached hydrogens (primary N) is 1. The second kappa shape index (κ2) is 16.0. The number of fused-ring (bicyclic) bond motifs is 1. The summed E-state index contributed by atoms with van der Waals surface area (Å²) >= 11 is 5.73. The number of ether oxygens (including phenoxy) is 1. The van der Waals surface area contributed by atoms with Crippen molar-refractivity contribution in [2.24, 2.45) is 0 Å². The van der Waals surface area contributed by atoms with Crippen LogP contribution in [0.2, 0.25) is 5.28 Å². The summed E-state index contributed by atoms with van der Waals surface area (Å²) in [6, 6.07) is 0. The molecule has 3 heterocycles. The zero-order valence-electron chi connectivity index (χ0n) is 19.1. The van der Waals surface area contributed by atoms with Crippen molar-refractivity contribution in [2.45, 2.75) is 24.5 Å². The van der Waals surface area contributed by atoms with Gasteiger partial charge in [0, 0.05) is 0 Å². The van der Waals surface area contributed by atoms with Crippen LogP contribution in [0, 0.1) is 0 Å². The van der Waals surface area contributed by atoms with Gasteiger partial charge < -0.3 is 49.3 Å². The molecular formula is C10H11ClN5Na4O13P3. The van der Waals surface area contributed by atoms with E-state index in [1.54, 1.807) is 0 Å². The molecule has 6 atom stereocenters. The van der Waals surface area contributed by atoms with E-state index in [0.717, 1.165) is 10.9 Å². The maximum atomic E-state index is 11.6. The number of nitrogen functional groups attached to an aromatic ring is 1. The fraction of sp³-hybridized carbons (Fsp3) is 0.500. The number of halogens is 1. The summed E-state index contributed by atoms with van der Waals surface area (Å²) in [7, 11) is -18.1. The fourth-order valence-corrected chi connectivity index (χ4v) is 5.68. The smallest absolute Gasteiger partial charge is 0.790 e. The van der Waals surface area contributed by atoms with E-state index in [1.165, 1.54) is 0 Å². The summed E-state index contributed by atoms with van der Waals surface area (Å²) in [5.74, 6) is -0.0962. The molecule has 3 unspecified atom stereocenters. The number of phosphoric ester groups is 1. The van der Waals surface area contributed by atoms with Gasteiger partial charge in [0.05, 0.1) is 20.8 Å². The first kappa shape index (κ1) is 41.1. The average Bonchev–Trinajstić information content (AvgIpc) is 3.12. The molecule has 0 aromatic carbocycles. The van der Waals surface area contributed by atoms with Crippen LogP contribution in [0.1, 0.15) is 6.23 Å². The summed E-state index contributed by atoms with van der Waals surface area (Å²) in [4.78, 5) is 54.9. The van der Waals surface area contributed by atoms with Gasteiger partial charge in [-0.3, -0.25) is 18.0 Å². The van der Waals surface area contributed by atoms with Gasteiger partial charge in [0.2, 0.25) is 5.28 Å². The Hall–Kier alpha value is 2.93. The Bertz CT molecular complexity index is 1170. The number of aromatic nitrogens is 4. The summed E-state index contributed by atoms with van der Waals surface area (Å²) in [5.41, 5.74) is 5.75. The summed E-state index contributed by atoms with van der Waals surface area (Å²) in [5, 5.41) is 20.1. The average molecular weight is 630 g/mol. The van der Waals surface area contributed by atoms with Crippen LogP contribution in [0.5, 0.6) is 0 Å². The Balaban J connectivity index is 0. The third-order valence-electron chi connectivity index (χ3n) is 3.83. The minimum Gasteiger partial charge on any atom is -0.790 e. The molecule has 0 bridgehead atoms. The van der Waals surface area contributed by atoms with E-state index in [4.69, 9.17) is 22.1 Å². The largest absolute Gasteiger partial charge is 1.00 e. The van der Waals surface area contributed by atoms with E-state index in [-0.39, 0.29) is 140 Å². The van der Waals surface area contributed by atoms with Crippen LogP contribution in [0.15, 0.2) is 6.33 Å². The molecular weight excluding hydrogens is 618 g/mol. The Labute approximate surface area is 295 Å². The molecule has 4 N–H and O–H groups in total. The third-order valence-corrected chi connectivity index (χ3v) is 7.66. The van der Waals surface area contributed by atoms with Gasteiger partial charge in [0.25, 0.3) is 15.6 Å². The molecule has 2 aromatic heterocycles. The van der Waals surface area contributed by atoms with Crippen molar-refractivity contribution in [3.63, 3.8) is 0 Å². The van der Waals surface area contributed by atoms with Crippen LogP contribution >= 0.6 is 35.1 Å². The number of aliphatic hydroxyl groups excluding tert-OH is 2. The van der Waals surface area contributed by atoms with Gasteiger partial charge >= 0.3 is 118 Å². The molecule has 1 aliphatic rings. The molecule has 0 amide bonds. The van der Waals surface area contributed by atoms with Crippen LogP contribution in [0.3, 0.4) is 0 Å². The molecule has 18 nitrogen and oxygen atoms in total. The van der Waals surface area contributed by atoms with Crippen LogP contribution in [-0.2, 0) is 31.6 Å². The van der Waals surface area contributed by atoms with Gasteiger partial charge in [0.1, 0.15) is 23.8 Å². The number of anilines is 1. The number of phosphoric acid groups is 3. The van der Waals surface area contributed by atoms with E-state index in [0.29, 0.717) is 0 Å². The molecule has 0 spiro atoms. The number of rotatable bonds is 8. The molecule has 1 fully saturated rings. The Morgan fingerprint density at radius 3 is 2.17 bits per heavy atom. The standard InChI is InChI=1S/C10H15ClN5O13P3.4Na/c11-10-14-7(12)4-8(15-10)16(2-13-4)9-6(18)5(17)3(27-9)1-26-31(22,23)29-32(24,25)28-30(19,20)21;;;;/h2-3,5-6,9,17-18H,1H2,(H,22,23)(H,24,25)(H2,12,14,15)(H2,19,20,21);;;;/q;4*+1/p-4/t3-,5+,6?,9-;;;;/m1..../s1. The number of hydrogen-bond donors (Lipinski definition) is 3. The maximum absolute atomic E-state index is 11.6. The molecule has 3 rings (SSSR count). The van der Waals surface area contributed by atoms with Gasteiger partial charge in [-0.1, -0.05) is 0 Å². The van der Waals surface area contributed by atoms with Gasteiger partial charge in [-0.2, -0.15) is 9.97 Å². The van der Waals surface area contributed by atoms with E-state index in [9.17, 15) is 43.5 Å². The predicted octanol–water partition coefficient (Wildman–Crippen LogP) is -15.5. The number of imidazole rings is 1. The molecule has 1 aliphatic heterocycles. The van der Waals surface area contributed by atoms with Crippen LogP contribution < -0.4 is 144 Å². The zero-order chi connectivity index (χ0) is 24.1. The zero-order valence-corrected chi connectivity index (χ0v) is 30.5. The minimum atomic E-state index is -6.16. The number of nitrogens with zero attached hydrogens (tertiary/aromatic N) is 4. The first-order valence-corrected chi connectivity index (χ1v) is 12.7. The molecule has 36 heavy (non-hydrogen) atoms. The molecule has 0 aliphatic carbocycles. The number of aliphatic hydroxyl groups is 2. The normalized spacial score (nSPS) is 24.9. The van der Waals surface area contributed by atoms with Crippen molar-refractivity contribution in [3.05, 3.63) is 11.6 Å². The molecule has 2 aromatic rings.